The van der Waals surface area contributed by atoms with Crippen molar-refractivity contribution in [1.82, 2.24) is 25.5 Å². The maximum atomic E-state index is 4.16. The summed E-state index contributed by atoms with van der Waals surface area (Å²) in [5.41, 5.74) is 0. The number of thioether (sulfide) groups is 1. The predicted octanol–water partition coefficient (Wildman–Crippen LogP) is 1.48. The van der Waals surface area contributed by atoms with Gasteiger partial charge in [-0.15, -0.1) is 10.2 Å². The summed E-state index contributed by atoms with van der Waals surface area (Å²) in [5.74, 6) is 4.11. The standard InChI is InChI=1S/C11H19N5S/c1-2-4-9(3-1)7-16-5-6-17-8-10(16)11-12-14-15-13-11/h9-10H,1-8H2,(H,12,13,14,15). The van der Waals surface area contributed by atoms with E-state index in [0.717, 1.165) is 17.5 Å². The van der Waals surface area contributed by atoms with Crippen molar-refractivity contribution >= 4 is 11.8 Å². The second-order valence-electron chi connectivity index (χ2n) is 5.01. The van der Waals surface area contributed by atoms with Gasteiger partial charge in [-0.1, -0.05) is 18.1 Å². The van der Waals surface area contributed by atoms with Crippen LogP contribution in [0.5, 0.6) is 0 Å². The van der Waals surface area contributed by atoms with Crippen molar-refractivity contribution in [1.29, 1.82) is 0 Å². The highest BCUT2D eigenvalue weighted by atomic mass is 32.2. The molecule has 1 aliphatic heterocycles. The number of nitrogens with zero attached hydrogens (tertiary/aromatic N) is 4. The van der Waals surface area contributed by atoms with E-state index < -0.39 is 0 Å². The van der Waals surface area contributed by atoms with Crippen LogP contribution in [-0.2, 0) is 0 Å². The zero-order chi connectivity index (χ0) is 11.5. The van der Waals surface area contributed by atoms with Gasteiger partial charge in [-0.3, -0.25) is 4.90 Å². The van der Waals surface area contributed by atoms with Gasteiger partial charge in [-0.2, -0.15) is 17.0 Å². The van der Waals surface area contributed by atoms with Crippen LogP contribution in [0.4, 0.5) is 0 Å². The van der Waals surface area contributed by atoms with Crippen LogP contribution in [0.3, 0.4) is 0 Å². The highest BCUT2D eigenvalue weighted by molar-refractivity contribution is 7.99. The van der Waals surface area contributed by atoms with E-state index in [0.29, 0.717) is 6.04 Å². The van der Waals surface area contributed by atoms with Gasteiger partial charge in [-0.05, 0) is 18.8 Å². The van der Waals surface area contributed by atoms with Gasteiger partial charge in [0.25, 0.3) is 0 Å². The number of tetrazole rings is 1. The maximum Gasteiger partial charge on any atom is 0.192 e. The first-order valence-electron chi connectivity index (χ1n) is 6.48. The molecule has 2 fully saturated rings. The molecule has 0 spiro atoms. The van der Waals surface area contributed by atoms with E-state index in [1.165, 1.54) is 44.5 Å². The summed E-state index contributed by atoms with van der Waals surface area (Å²) in [6.07, 6.45) is 5.64. The second kappa shape index (κ2) is 5.35. The molecule has 0 aromatic carbocycles. The molecule has 0 bridgehead atoms. The Morgan fingerprint density at radius 1 is 1.35 bits per heavy atom. The summed E-state index contributed by atoms with van der Waals surface area (Å²) in [4.78, 5) is 2.57. The van der Waals surface area contributed by atoms with Crippen molar-refractivity contribution in [3.63, 3.8) is 0 Å². The monoisotopic (exact) mass is 253 g/mol. The Hall–Kier alpha value is -0.620. The summed E-state index contributed by atoms with van der Waals surface area (Å²) in [6.45, 7) is 2.39. The van der Waals surface area contributed by atoms with E-state index in [2.05, 4.69) is 25.5 Å². The molecule has 1 unspecified atom stereocenters. The molecule has 94 valence electrons. The van der Waals surface area contributed by atoms with E-state index >= 15 is 0 Å². The number of aromatic amines is 1. The smallest absolute Gasteiger partial charge is 0.192 e. The topological polar surface area (TPSA) is 57.7 Å². The molecule has 1 saturated carbocycles. The quantitative estimate of drug-likeness (QED) is 0.884. The van der Waals surface area contributed by atoms with Crippen LogP contribution in [0.15, 0.2) is 0 Å². The highest BCUT2D eigenvalue weighted by Gasteiger charge is 2.30. The molecule has 5 nitrogen and oxygen atoms in total. The van der Waals surface area contributed by atoms with Gasteiger partial charge in [0.15, 0.2) is 5.82 Å². The Balaban J connectivity index is 1.67. The molecule has 1 aromatic heterocycles. The number of hydrogen-bond donors (Lipinski definition) is 1. The number of nitrogens with one attached hydrogen (secondary N) is 1. The normalized spacial score (nSPS) is 27.6. The lowest BCUT2D eigenvalue weighted by molar-refractivity contribution is 0.180. The van der Waals surface area contributed by atoms with E-state index in [4.69, 9.17) is 0 Å². The SMILES string of the molecule is C1CCC(CN2CCSCC2c2nn[nH]n2)C1. The lowest BCUT2D eigenvalue weighted by Crippen LogP contribution is -2.39. The van der Waals surface area contributed by atoms with Crippen LogP contribution in [0.2, 0.25) is 0 Å². The molecule has 1 N–H and O–H groups in total. The van der Waals surface area contributed by atoms with Gasteiger partial charge in [0.05, 0.1) is 6.04 Å². The lowest BCUT2D eigenvalue weighted by atomic mass is 10.1. The van der Waals surface area contributed by atoms with Gasteiger partial charge in [-0.25, -0.2) is 0 Å². The van der Waals surface area contributed by atoms with Gasteiger partial charge in [0, 0.05) is 24.6 Å². The van der Waals surface area contributed by atoms with E-state index in [-0.39, 0.29) is 0 Å². The maximum absolute atomic E-state index is 4.16. The third-order valence-electron chi connectivity index (χ3n) is 3.87. The van der Waals surface area contributed by atoms with Crippen LogP contribution < -0.4 is 0 Å². The average Bonchev–Trinajstić information content (AvgIpc) is 3.01. The van der Waals surface area contributed by atoms with Crippen LogP contribution in [-0.4, -0.2) is 50.1 Å². The molecule has 6 heteroatoms. The fourth-order valence-electron chi connectivity index (χ4n) is 2.93. The first-order valence-corrected chi connectivity index (χ1v) is 7.64. The summed E-state index contributed by atoms with van der Waals surface area (Å²) in [5, 5.41) is 14.6. The molecular formula is C11H19N5S. The fraction of sp³-hybridized carbons (Fsp3) is 0.909. The third-order valence-corrected chi connectivity index (χ3v) is 4.89. The van der Waals surface area contributed by atoms with Crippen LogP contribution in [0, 0.1) is 5.92 Å². The Bertz CT molecular complexity index is 336. The van der Waals surface area contributed by atoms with Crippen LogP contribution in [0.1, 0.15) is 37.5 Å². The minimum absolute atomic E-state index is 0.369. The van der Waals surface area contributed by atoms with Crippen molar-refractivity contribution in [2.24, 2.45) is 5.92 Å². The molecule has 3 rings (SSSR count). The zero-order valence-electron chi connectivity index (χ0n) is 10.0. The van der Waals surface area contributed by atoms with Crippen LogP contribution in [0.25, 0.3) is 0 Å². The lowest BCUT2D eigenvalue weighted by Gasteiger charge is -2.35. The van der Waals surface area contributed by atoms with Gasteiger partial charge in [0.2, 0.25) is 0 Å². The van der Waals surface area contributed by atoms with Crippen molar-refractivity contribution < 1.29 is 0 Å². The Morgan fingerprint density at radius 2 is 2.24 bits per heavy atom. The Morgan fingerprint density at radius 3 is 3.00 bits per heavy atom. The van der Waals surface area contributed by atoms with E-state index in [1.54, 1.807) is 0 Å². The summed E-state index contributed by atoms with van der Waals surface area (Å²) in [6, 6.07) is 0.369. The van der Waals surface area contributed by atoms with Gasteiger partial charge < -0.3 is 0 Å². The molecule has 2 heterocycles. The predicted molar refractivity (Wildman–Crippen MR) is 67.8 cm³/mol. The van der Waals surface area contributed by atoms with E-state index in [9.17, 15) is 0 Å². The van der Waals surface area contributed by atoms with Crippen molar-refractivity contribution in [3.05, 3.63) is 5.82 Å². The molecule has 17 heavy (non-hydrogen) atoms. The number of aromatic nitrogens is 4. The molecule has 0 radical (unpaired) electrons. The molecule has 1 aliphatic carbocycles. The Labute approximate surface area is 106 Å². The largest absolute Gasteiger partial charge is 0.291 e. The van der Waals surface area contributed by atoms with Gasteiger partial charge >= 0.3 is 0 Å². The first kappa shape index (κ1) is 11.5. The minimum Gasteiger partial charge on any atom is -0.291 e. The minimum atomic E-state index is 0.369. The fourth-order valence-corrected chi connectivity index (χ4v) is 4.04. The molecule has 1 atom stereocenters. The molecule has 0 amide bonds. The molecule has 1 saturated heterocycles. The molecule has 2 aliphatic rings. The number of hydrogen-bond acceptors (Lipinski definition) is 5. The summed E-state index contributed by atoms with van der Waals surface area (Å²) >= 11 is 2.00. The number of H-pyrrole nitrogens is 1. The van der Waals surface area contributed by atoms with Crippen molar-refractivity contribution in [2.45, 2.75) is 31.7 Å². The average molecular weight is 253 g/mol. The number of rotatable bonds is 3. The second-order valence-corrected chi connectivity index (χ2v) is 6.16. The van der Waals surface area contributed by atoms with E-state index in [1.807, 2.05) is 11.8 Å². The van der Waals surface area contributed by atoms with Crippen LogP contribution >= 0.6 is 11.8 Å². The zero-order valence-corrected chi connectivity index (χ0v) is 10.8. The summed E-state index contributed by atoms with van der Waals surface area (Å²) < 4.78 is 0. The van der Waals surface area contributed by atoms with Crippen molar-refractivity contribution in [3.8, 4) is 0 Å². The molecule has 1 aromatic rings. The Kier molecular flexibility index (Phi) is 3.61. The first-order chi connectivity index (χ1) is 8.43. The molecular weight excluding hydrogens is 234 g/mol. The third kappa shape index (κ3) is 2.63. The van der Waals surface area contributed by atoms with Crippen molar-refractivity contribution in [2.75, 3.05) is 24.6 Å². The highest BCUT2D eigenvalue weighted by Crippen LogP contribution is 2.31. The summed E-state index contributed by atoms with van der Waals surface area (Å²) in [7, 11) is 0. The van der Waals surface area contributed by atoms with Gasteiger partial charge in [0.1, 0.15) is 0 Å².